The van der Waals surface area contributed by atoms with Crippen LogP contribution in [0.4, 0.5) is 13.2 Å². The number of hydrogen-bond acceptors (Lipinski definition) is 3. The van der Waals surface area contributed by atoms with Gasteiger partial charge in [0, 0.05) is 32.2 Å². The zero-order chi connectivity index (χ0) is 13.1. The molecule has 0 spiro atoms. The number of nitriles is 1. The van der Waals surface area contributed by atoms with Gasteiger partial charge in [-0.2, -0.15) is 18.4 Å². The summed E-state index contributed by atoms with van der Waals surface area (Å²) in [7, 11) is 1.98. The molecule has 1 heterocycles. The van der Waals surface area contributed by atoms with Gasteiger partial charge in [-0.3, -0.25) is 4.90 Å². The zero-order valence-corrected chi connectivity index (χ0v) is 10.2. The van der Waals surface area contributed by atoms with E-state index in [0.717, 1.165) is 13.0 Å². The van der Waals surface area contributed by atoms with Gasteiger partial charge in [0.25, 0.3) is 0 Å². The fourth-order valence-electron chi connectivity index (χ4n) is 2.09. The first-order valence-corrected chi connectivity index (χ1v) is 5.77. The van der Waals surface area contributed by atoms with Crippen molar-refractivity contribution in [3.63, 3.8) is 0 Å². The van der Waals surface area contributed by atoms with Crippen molar-refractivity contribution in [2.75, 3.05) is 33.2 Å². The van der Waals surface area contributed by atoms with Crippen molar-refractivity contribution in [2.45, 2.75) is 25.6 Å². The Kier molecular flexibility index (Phi) is 4.78. The van der Waals surface area contributed by atoms with Gasteiger partial charge in [0.15, 0.2) is 5.92 Å². The minimum Gasteiger partial charge on any atom is -0.301 e. The molecular weight excluding hydrogens is 231 g/mol. The summed E-state index contributed by atoms with van der Waals surface area (Å²) in [6.45, 7) is 3.79. The molecule has 0 radical (unpaired) electrons. The first-order valence-electron chi connectivity index (χ1n) is 5.77. The zero-order valence-electron chi connectivity index (χ0n) is 10.2. The maximum absolute atomic E-state index is 12.5. The Labute approximate surface area is 99.8 Å². The lowest BCUT2D eigenvalue weighted by molar-refractivity contribution is -0.164. The van der Waals surface area contributed by atoms with E-state index in [9.17, 15) is 13.2 Å². The minimum absolute atomic E-state index is 0.204. The second-order valence-corrected chi connectivity index (χ2v) is 4.53. The average molecular weight is 249 g/mol. The fraction of sp³-hybridized carbons (Fsp3) is 0.909. The quantitative estimate of drug-likeness (QED) is 0.763. The summed E-state index contributed by atoms with van der Waals surface area (Å²) in [6, 6.07) is 1.64. The smallest absolute Gasteiger partial charge is 0.301 e. The Bertz CT molecular complexity index is 285. The largest absolute Gasteiger partial charge is 0.405 e. The van der Waals surface area contributed by atoms with Crippen molar-refractivity contribution in [1.82, 2.24) is 9.80 Å². The van der Waals surface area contributed by atoms with Gasteiger partial charge in [0.1, 0.15) is 0 Å². The van der Waals surface area contributed by atoms with Crippen LogP contribution in [-0.4, -0.2) is 55.2 Å². The van der Waals surface area contributed by atoms with Gasteiger partial charge in [-0.25, -0.2) is 0 Å². The first-order chi connectivity index (χ1) is 7.88. The van der Waals surface area contributed by atoms with Crippen molar-refractivity contribution < 1.29 is 13.2 Å². The van der Waals surface area contributed by atoms with Crippen LogP contribution in [0, 0.1) is 17.2 Å². The molecule has 0 N–H and O–H groups in total. The van der Waals surface area contributed by atoms with Crippen molar-refractivity contribution in [3.8, 4) is 6.07 Å². The third-order valence-corrected chi connectivity index (χ3v) is 3.32. The molecule has 1 saturated heterocycles. The van der Waals surface area contributed by atoms with Gasteiger partial charge in [-0.1, -0.05) is 6.92 Å². The molecule has 1 fully saturated rings. The van der Waals surface area contributed by atoms with E-state index in [1.807, 2.05) is 14.0 Å². The van der Waals surface area contributed by atoms with Crippen LogP contribution in [0.3, 0.4) is 0 Å². The lowest BCUT2D eigenvalue weighted by Crippen LogP contribution is -2.53. The van der Waals surface area contributed by atoms with Gasteiger partial charge >= 0.3 is 6.18 Å². The minimum atomic E-state index is -4.42. The number of rotatable bonds is 3. The molecule has 1 rings (SSSR count). The molecule has 0 bridgehead atoms. The summed E-state index contributed by atoms with van der Waals surface area (Å²) < 4.78 is 37.4. The first kappa shape index (κ1) is 14.3. The molecule has 6 heteroatoms. The van der Waals surface area contributed by atoms with Crippen LogP contribution >= 0.6 is 0 Å². The SMILES string of the molecule is CCC1CN(CC(C#N)C(F)(F)F)CCN1C. The average Bonchev–Trinajstić information content (AvgIpc) is 2.26. The third kappa shape index (κ3) is 3.86. The number of halogens is 3. The van der Waals surface area contributed by atoms with E-state index in [0.29, 0.717) is 13.1 Å². The lowest BCUT2D eigenvalue weighted by Gasteiger charge is -2.39. The number of likely N-dealkylation sites (N-methyl/N-ethyl adjacent to an activating group) is 1. The molecule has 2 unspecified atom stereocenters. The Morgan fingerprint density at radius 2 is 2.06 bits per heavy atom. The summed E-state index contributed by atoms with van der Waals surface area (Å²) in [5, 5.41) is 8.56. The summed E-state index contributed by atoms with van der Waals surface area (Å²) >= 11 is 0. The Morgan fingerprint density at radius 1 is 1.41 bits per heavy atom. The highest BCUT2D eigenvalue weighted by Crippen LogP contribution is 2.27. The predicted molar refractivity (Wildman–Crippen MR) is 58.3 cm³/mol. The van der Waals surface area contributed by atoms with E-state index in [2.05, 4.69) is 4.90 Å². The predicted octanol–water partition coefficient (Wildman–Crippen LogP) is 1.71. The second-order valence-electron chi connectivity index (χ2n) is 4.53. The van der Waals surface area contributed by atoms with Crippen LogP contribution in [0.15, 0.2) is 0 Å². The Morgan fingerprint density at radius 3 is 2.53 bits per heavy atom. The van der Waals surface area contributed by atoms with E-state index in [1.54, 1.807) is 4.90 Å². The van der Waals surface area contributed by atoms with Gasteiger partial charge in [0.05, 0.1) is 6.07 Å². The number of nitrogens with zero attached hydrogens (tertiary/aromatic N) is 3. The van der Waals surface area contributed by atoms with Crippen LogP contribution in [0.5, 0.6) is 0 Å². The molecule has 1 aliphatic rings. The molecule has 2 atom stereocenters. The highest BCUT2D eigenvalue weighted by Gasteiger charge is 2.41. The second kappa shape index (κ2) is 5.69. The van der Waals surface area contributed by atoms with Crippen LogP contribution in [0.25, 0.3) is 0 Å². The summed E-state index contributed by atoms with van der Waals surface area (Å²) in [5.74, 6) is -1.87. The van der Waals surface area contributed by atoms with Gasteiger partial charge in [0.2, 0.25) is 0 Å². The maximum Gasteiger partial charge on any atom is 0.405 e. The van der Waals surface area contributed by atoms with Gasteiger partial charge in [-0.15, -0.1) is 0 Å². The van der Waals surface area contributed by atoms with E-state index in [-0.39, 0.29) is 12.6 Å². The molecule has 98 valence electrons. The number of alkyl halides is 3. The molecule has 0 aromatic heterocycles. The van der Waals surface area contributed by atoms with Crippen LogP contribution in [0.1, 0.15) is 13.3 Å². The summed E-state index contributed by atoms with van der Waals surface area (Å²) in [4.78, 5) is 3.90. The molecule has 3 nitrogen and oxygen atoms in total. The molecule has 0 aliphatic carbocycles. The normalized spacial score (nSPS) is 25.5. The van der Waals surface area contributed by atoms with Crippen molar-refractivity contribution in [2.24, 2.45) is 5.92 Å². The van der Waals surface area contributed by atoms with E-state index >= 15 is 0 Å². The van der Waals surface area contributed by atoms with E-state index in [1.165, 1.54) is 6.07 Å². The lowest BCUT2D eigenvalue weighted by atomic mass is 10.1. The monoisotopic (exact) mass is 249 g/mol. The molecule has 17 heavy (non-hydrogen) atoms. The van der Waals surface area contributed by atoms with Crippen molar-refractivity contribution in [1.29, 1.82) is 5.26 Å². The summed E-state index contributed by atoms with van der Waals surface area (Å²) in [5.41, 5.74) is 0. The van der Waals surface area contributed by atoms with Crippen molar-refractivity contribution in [3.05, 3.63) is 0 Å². The standard InChI is InChI=1S/C11H18F3N3/c1-3-10-8-17(5-4-16(10)2)7-9(6-15)11(12,13)14/h9-10H,3-5,7-8H2,1-2H3. The summed E-state index contributed by atoms with van der Waals surface area (Å²) in [6.07, 6.45) is -3.50. The topological polar surface area (TPSA) is 30.3 Å². The Hall–Kier alpha value is -0.800. The highest BCUT2D eigenvalue weighted by atomic mass is 19.4. The molecule has 0 aromatic carbocycles. The van der Waals surface area contributed by atoms with Gasteiger partial charge in [-0.05, 0) is 13.5 Å². The van der Waals surface area contributed by atoms with Crippen LogP contribution in [-0.2, 0) is 0 Å². The molecule has 0 amide bonds. The maximum atomic E-state index is 12.5. The molecule has 0 saturated carbocycles. The number of piperazine rings is 1. The third-order valence-electron chi connectivity index (χ3n) is 3.32. The molecular formula is C11H18F3N3. The van der Waals surface area contributed by atoms with Crippen molar-refractivity contribution >= 4 is 0 Å². The van der Waals surface area contributed by atoms with Crippen LogP contribution in [0.2, 0.25) is 0 Å². The van der Waals surface area contributed by atoms with Gasteiger partial charge < -0.3 is 4.90 Å². The highest BCUT2D eigenvalue weighted by molar-refractivity contribution is 4.92. The number of hydrogen-bond donors (Lipinski definition) is 0. The fourth-order valence-corrected chi connectivity index (χ4v) is 2.09. The molecule has 1 aliphatic heterocycles. The Balaban J connectivity index is 2.55. The van der Waals surface area contributed by atoms with E-state index < -0.39 is 12.1 Å². The molecule has 0 aromatic rings. The van der Waals surface area contributed by atoms with E-state index in [4.69, 9.17) is 5.26 Å². The van der Waals surface area contributed by atoms with Crippen LogP contribution < -0.4 is 0 Å².